The van der Waals surface area contributed by atoms with Crippen LogP contribution in [0.4, 0.5) is 30.5 Å². The molecule has 4 aromatic rings. The van der Waals surface area contributed by atoms with Crippen molar-refractivity contribution in [1.82, 2.24) is 15.0 Å². The molecule has 4 N–H and O–H groups in total. The lowest BCUT2D eigenvalue weighted by atomic mass is 9.78. The number of anilines is 3. The number of hydrogen-bond acceptors (Lipinski definition) is 8. The Kier molecular flexibility index (Phi) is 8.07. The molecule has 0 saturated heterocycles. The third-order valence-corrected chi connectivity index (χ3v) is 8.30. The van der Waals surface area contributed by atoms with Gasteiger partial charge in [0.05, 0.1) is 11.5 Å². The molecule has 0 unspecified atom stereocenters. The van der Waals surface area contributed by atoms with Gasteiger partial charge >= 0.3 is 6.18 Å². The first-order valence-electron chi connectivity index (χ1n) is 13.0. The quantitative estimate of drug-likeness (QED) is 0.205. The maximum atomic E-state index is 13.0. The number of aromatic nitrogens is 3. The van der Waals surface area contributed by atoms with E-state index in [1.165, 1.54) is 11.3 Å². The summed E-state index contributed by atoms with van der Waals surface area (Å²) in [7, 11) is 0. The van der Waals surface area contributed by atoms with Gasteiger partial charge in [-0.05, 0) is 79.6 Å². The summed E-state index contributed by atoms with van der Waals surface area (Å²) < 4.78 is 39.1. The SMILES string of the molecule is Cc1cc(Nc2nccc(C(F)(F)F)n2)cc(-c2cnc([C@]3(O)CC[C@@H](C(=O)Nc4ccc(CO)cc4)CC3)s2)c1. The minimum absolute atomic E-state index is 0.0649. The Labute approximate surface area is 238 Å². The molecule has 5 rings (SSSR count). The van der Waals surface area contributed by atoms with Crippen LogP contribution in [0.25, 0.3) is 10.4 Å². The molecular weight excluding hydrogens is 555 g/mol. The highest BCUT2D eigenvalue weighted by Crippen LogP contribution is 2.43. The van der Waals surface area contributed by atoms with E-state index in [1.54, 1.807) is 42.6 Å². The minimum atomic E-state index is -4.58. The fourth-order valence-electron chi connectivity index (χ4n) is 4.84. The third-order valence-electron chi connectivity index (χ3n) is 7.06. The lowest BCUT2D eigenvalue weighted by molar-refractivity contribution is -0.141. The summed E-state index contributed by atoms with van der Waals surface area (Å²) >= 11 is 1.35. The Balaban J connectivity index is 1.25. The Bertz CT molecular complexity index is 1530. The highest BCUT2D eigenvalue weighted by atomic mass is 32.1. The maximum absolute atomic E-state index is 13.0. The molecule has 2 aromatic heterocycles. The van der Waals surface area contributed by atoms with Gasteiger partial charge in [-0.15, -0.1) is 11.3 Å². The molecule has 2 heterocycles. The largest absolute Gasteiger partial charge is 0.433 e. The number of alkyl halides is 3. The molecule has 8 nitrogen and oxygen atoms in total. The van der Waals surface area contributed by atoms with Gasteiger partial charge in [0.25, 0.3) is 0 Å². The normalized spacial score (nSPS) is 19.1. The van der Waals surface area contributed by atoms with Gasteiger partial charge in [0, 0.05) is 29.7 Å². The van der Waals surface area contributed by atoms with Crippen LogP contribution in [0.3, 0.4) is 0 Å². The summed E-state index contributed by atoms with van der Waals surface area (Å²) in [6.45, 7) is 1.80. The fourth-order valence-corrected chi connectivity index (χ4v) is 5.88. The van der Waals surface area contributed by atoms with Crippen LogP contribution in [-0.4, -0.2) is 31.1 Å². The number of benzene rings is 2. The van der Waals surface area contributed by atoms with Crippen LogP contribution in [0.2, 0.25) is 0 Å². The highest BCUT2D eigenvalue weighted by molar-refractivity contribution is 7.15. The molecule has 1 amide bonds. The van der Waals surface area contributed by atoms with Crippen LogP contribution in [0.15, 0.2) is 60.9 Å². The van der Waals surface area contributed by atoms with Gasteiger partial charge in [-0.2, -0.15) is 13.2 Å². The summed E-state index contributed by atoms with van der Waals surface area (Å²) in [5.74, 6) is -0.512. The highest BCUT2D eigenvalue weighted by Gasteiger charge is 2.39. The van der Waals surface area contributed by atoms with E-state index in [-0.39, 0.29) is 24.4 Å². The van der Waals surface area contributed by atoms with Crippen LogP contribution >= 0.6 is 11.3 Å². The fraction of sp³-hybridized carbons (Fsp3) is 0.310. The molecule has 1 fully saturated rings. The van der Waals surface area contributed by atoms with Gasteiger partial charge in [-0.25, -0.2) is 15.0 Å². The van der Waals surface area contributed by atoms with E-state index in [0.717, 1.165) is 33.8 Å². The topological polar surface area (TPSA) is 120 Å². The smallest absolute Gasteiger partial charge is 0.392 e. The standard InChI is InChI=1S/C29H28F3N5O3S/c1-17-12-20(14-22(13-17)36-27-33-11-8-24(37-27)29(30,31)32)23-15-34-26(41-23)28(40)9-6-19(7-10-28)25(39)35-21-4-2-18(16-38)3-5-21/h2-5,8,11-15,19,38,40H,6-7,9-10,16H2,1H3,(H,35,39)(H,33,36,37)/t19-,28+. The summed E-state index contributed by atoms with van der Waals surface area (Å²) in [6.07, 6.45) is -0.0791. The first-order valence-corrected chi connectivity index (χ1v) is 13.8. The zero-order valence-electron chi connectivity index (χ0n) is 22.1. The average molecular weight is 584 g/mol. The number of amides is 1. The molecule has 0 aliphatic heterocycles. The van der Waals surface area contributed by atoms with Crippen molar-refractivity contribution in [2.45, 2.75) is 51.0 Å². The molecule has 1 aliphatic rings. The number of nitrogens with one attached hydrogen (secondary N) is 2. The number of halogens is 3. The van der Waals surface area contributed by atoms with E-state index < -0.39 is 17.5 Å². The van der Waals surface area contributed by atoms with Crippen LogP contribution in [0.1, 0.15) is 47.5 Å². The first kappa shape index (κ1) is 28.7. The van der Waals surface area contributed by atoms with Gasteiger partial charge in [0.15, 0.2) is 0 Å². The molecule has 1 saturated carbocycles. The third kappa shape index (κ3) is 6.72. The lowest BCUT2D eigenvalue weighted by Crippen LogP contribution is -2.35. The average Bonchev–Trinajstić information content (AvgIpc) is 3.45. The van der Waals surface area contributed by atoms with Crippen molar-refractivity contribution in [3.05, 3.63) is 82.8 Å². The number of aliphatic hydroxyl groups excluding tert-OH is 1. The first-order chi connectivity index (χ1) is 19.5. The molecular formula is C29H28F3N5O3S. The Morgan fingerprint density at radius 3 is 2.49 bits per heavy atom. The lowest BCUT2D eigenvalue weighted by Gasteiger charge is -2.33. The van der Waals surface area contributed by atoms with Crippen LogP contribution in [-0.2, 0) is 23.2 Å². The van der Waals surface area contributed by atoms with E-state index in [0.29, 0.717) is 42.1 Å². The molecule has 2 aromatic carbocycles. The number of carbonyl (C=O) groups is 1. The molecule has 12 heteroatoms. The zero-order valence-corrected chi connectivity index (χ0v) is 22.9. The van der Waals surface area contributed by atoms with Crippen molar-refractivity contribution in [1.29, 1.82) is 0 Å². The second-order valence-electron chi connectivity index (χ2n) is 10.2. The van der Waals surface area contributed by atoms with E-state index >= 15 is 0 Å². The van der Waals surface area contributed by atoms with Crippen molar-refractivity contribution in [3.63, 3.8) is 0 Å². The van der Waals surface area contributed by atoms with Crippen molar-refractivity contribution >= 4 is 34.6 Å². The summed E-state index contributed by atoms with van der Waals surface area (Å²) in [6, 6.07) is 13.3. The van der Waals surface area contributed by atoms with Gasteiger partial charge in [0.2, 0.25) is 11.9 Å². The Morgan fingerprint density at radius 2 is 1.80 bits per heavy atom. The van der Waals surface area contributed by atoms with Gasteiger partial charge in [-0.1, -0.05) is 18.2 Å². The molecule has 0 radical (unpaired) electrons. The van der Waals surface area contributed by atoms with Crippen molar-refractivity contribution in [3.8, 4) is 10.4 Å². The number of rotatable bonds is 7. The zero-order chi connectivity index (χ0) is 29.2. The van der Waals surface area contributed by atoms with Crippen LogP contribution < -0.4 is 10.6 Å². The number of thiazole rings is 1. The monoisotopic (exact) mass is 583 g/mol. The molecule has 214 valence electrons. The van der Waals surface area contributed by atoms with Gasteiger partial charge in [0.1, 0.15) is 16.3 Å². The van der Waals surface area contributed by atoms with Gasteiger partial charge < -0.3 is 20.8 Å². The van der Waals surface area contributed by atoms with Crippen LogP contribution in [0, 0.1) is 12.8 Å². The second-order valence-corrected chi connectivity index (χ2v) is 11.2. The predicted octanol–water partition coefficient (Wildman–Crippen LogP) is 6.18. The summed E-state index contributed by atoms with van der Waals surface area (Å²) in [4.78, 5) is 25.6. The van der Waals surface area contributed by atoms with E-state index in [9.17, 15) is 28.2 Å². The van der Waals surface area contributed by atoms with Crippen molar-refractivity contribution in [2.75, 3.05) is 10.6 Å². The minimum Gasteiger partial charge on any atom is -0.392 e. The number of carbonyl (C=O) groups excluding carboxylic acids is 1. The molecule has 1 aliphatic carbocycles. The van der Waals surface area contributed by atoms with Crippen molar-refractivity contribution in [2.24, 2.45) is 5.92 Å². The predicted molar refractivity (Wildman–Crippen MR) is 149 cm³/mol. The summed E-state index contributed by atoms with van der Waals surface area (Å²) in [5, 5.41) is 26.9. The van der Waals surface area contributed by atoms with Gasteiger partial charge in [-0.3, -0.25) is 4.79 Å². The summed E-state index contributed by atoms with van der Waals surface area (Å²) in [5.41, 5.74) is 1.40. The molecule has 0 atom stereocenters. The van der Waals surface area contributed by atoms with Crippen molar-refractivity contribution < 1.29 is 28.2 Å². The molecule has 0 spiro atoms. The van der Waals surface area contributed by atoms with E-state index in [1.807, 2.05) is 13.0 Å². The number of aryl methyl sites for hydroxylation is 1. The number of aliphatic hydroxyl groups is 2. The number of nitrogens with zero attached hydrogens (tertiary/aromatic N) is 3. The molecule has 0 bridgehead atoms. The van der Waals surface area contributed by atoms with E-state index in [4.69, 9.17) is 0 Å². The number of hydrogen-bond donors (Lipinski definition) is 4. The molecule has 41 heavy (non-hydrogen) atoms. The van der Waals surface area contributed by atoms with E-state index in [2.05, 4.69) is 25.6 Å². The Hall–Kier alpha value is -3.87. The maximum Gasteiger partial charge on any atom is 0.433 e. The second kappa shape index (κ2) is 11.6. The Morgan fingerprint density at radius 1 is 1.07 bits per heavy atom. The van der Waals surface area contributed by atoms with Crippen LogP contribution in [0.5, 0.6) is 0 Å².